The van der Waals surface area contributed by atoms with Gasteiger partial charge in [0.1, 0.15) is 5.60 Å². The van der Waals surface area contributed by atoms with Gasteiger partial charge in [0.15, 0.2) is 11.4 Å². The summed E-state index contributed by atoms with van der Waals surface area (Å²) in [6.07, 6.45) is 8.24. The van der Waals surface area contributed by atoms with Gasteiger partial charge in [0.2, 0.25) is 0 Å². The fourth-order valence-electron chi connectivity index (χ4n) is 2.61. The Labute approximate surface area is 141 Å². The molecule has 1 aromatic heterocycles. The molecule has 2 rings (SSSR count). The summed E-state index contributed by atoms with van der Waals surface area (Å²) in [6, 6.07) is 0. The summed E-state index contributed by atoms with van der Waals surface area (Å²) in [6.45, 7) is 5.41. The Bertz CT molecular complexity index is 581. The molecule has 5 nitrogen and oxygen atoms in total. The number of amides is 1. The molecule has 0 bridgehead atoms. The Hall–Kier alpha value is -1.69. The third-order valence-corrected chi connectivity index (χ3v) is 4.44. The van der Waals surface area contributed by atoms with Crippen LogP contribution in [0.15, 0.2) is 11.5 Å². The molecular formula is C17H24N2O3S. The lowest BCUT2D eigenvalue weighted by Gasteiger charge is -2.18. The van der Waals surface area contributed by atoms with E-state index in [1.807, 2.05) is 6.08 Å². The van der Waals surface area contributed by atoms with Gasteiger partial charge in [0.05, 0.1) is 5.69 Å². The number of hydrogen-bond acceptors (Lipinski definition) is 5. The Morgan fingerprint density at radius 2 is 2.13 bits per heavy atom. The SMILES string of the molecule is CC(C)(C)OC(=O)Nc1nc(/C(C=O)=C/CC2CCCC2)cs1. The van der Waals surface area contributed by atoms with Crippen LogP contribution < -0.4 is 5.32 Å². The molecule has 1 aliphatic carbocycles. The Morgan fingerprint density at radius 3 is 2.74 bits per heavy atom. The number of nitrogens with one attached hydrogen (secondary N) is 1. The van der Waals surface area contributed by atoms with E-state index in [9.17, 15) is 9.59 Å². The van der Waals surface area contributed by atoms with Crippen molar-refractivity contribution in [2.75, 3.05) is 5.32 Å². The molecule has 1 aliphatic rings. The van der Waals surface area contributed by atoms with Crippen LogP contribution in [-0.4, -0.2) is 23.0 Å². The maximum Gasteiger partial charge on any atom is 0.413 e. The number of rotatable bonds is 5. The zero-order chi connectivity index (χ0) is 16.9. The molecular weight excluding hydrogens is 312 g/mol. The molecule has 1 amide bonds. The van der Waals surface area contributed by atoms with E-state index in [0.717, 1.165) is 12.7 Å². The van der Waals surface area contributed by atoms with Gasteiger partial charge in [0, 0.05) is 11.0 Å². The van der Waals surface area contributed by atoms with Crippen molar-refractivity contribution < 1.29 is 14.3 Å². The second kappa shape index (κ2) is 7.73. The lowest BCUT2D eigenvalue weighted by atomic mass is 10.0. The molecule has 6 heteroatoms. The van der Waals surface area contributed by atoms with Gasteiger partial charge in [-0.2, -0.15) is 0 Å². The first kappa shape index (κ1) is 17.7. The van der Waals surface area contributed by atoms with Crippen LogP contribution >= 0.6 is 11.3 Å². The normalized spacial score (nSPS) is 16.4. The second-order valence-corrected chi connectivity index (χ2v) is 7.69. The Balaban J connectivity index is 1.97. The molecule has 0 atom stereocenters. The van der Waals surface area contributed by atoms with Crippen LogP contribution in [0.1, 0.15) is 58.6 Å². The number of thiazole rings is 1. The summed E-state index contributed by atoms with van der Waals surface area (Å²) in [5, 5.41) is 4.81. The summed E-state index contributed by atoms with van der Waals surface area (Å²) in [7, 11) is 0. The zero-order valence-corrected chi connectivity index (χ0v) is 14.7. The van der Waals surface area contributed by atoms with Crippen molar-refractivity contribution in [3.05, 3.63) is 17.2 Å². The highest BCUT2D eigenvalue weighted by Crippen LogP contribution is 2.29. The average molecular weight is 336 g/mol. The minimum atomic E-state index is -0.556. The maximum absolute atomic E-state index is 11.7. The maximum atomic E-state index is 11.7. The fourth-order valence-corrected chi connectivity index (χ4v) is 3.31. The number of ether oxygens (including phenoxy) is 1. The summed E-state index contributed by atoms with van der Waals surface area (Å²) in [4.78, 5) is 27.3. The molecule has 0 radical (unpaired) electrons. The topological polar surface area (TPSA) is 68.3 Å². The third kappa shape index (κ3) is 5.78. The van der Waals surface area contributed by atoms with Crippen molar-refractivity contribution in [2.45, 2.75) is 58.5 Å². The highest BCUT2D eigenvalue weighted by atomic mass is 32.1. The minimum Gasteiger partial charge on any atom is -0.444 e. The van der Waals surface area contributed by atoms with Crippen LogP contribution in [0.25, 0.3) is 5.57 Å². The van der Waals surface area contributed by atoms with Crippen molar-refractivity contribution in [3.63, 3.8) is 0 Å². The van der Waals surface area contributed by atoms with E-state index in [4.69, 9.17) is 4.74 Å². The van der Waals surface area contributed by atoms with Crippen LogP contribution in [0, 0.1) is 5.92 Å². The molecule has 1 heterocycles. The van der Waals surface area contributed by atoms with E-state index in [2.05, 4.69) is 10.3 Å². The molecule has 1 N–H and O–H groups in total. The van der Waals surface area contributed by atoms with E-state index in [1.165, 1.54) is 37.0 Å². The van der Waals surface area contributed by atoms with E-state index in [-0.39, 0.29) is 0 Å². The lowest BCUT2D eigenvalue weighted by Crippen LogP contribution is -2.27. The summed E-state index contributed by atoms with van der Waals surface area (Å²) in [5.41, 5.74) is 0.638. The van der Waals surface area contributed by atoms with Gasteiger partial charge < -0.3 is 4.74 Å². The van der Waals surface area contributed by atoms with E-state index >= 15 is 0 Å². The van der Waals surface area contributed by atoms with Gasteiger partial charge in [0.25, 0.3) is 0 Å². The smallest absolute Gasteiger partial charge is 0.413 e. The summed E-state index contributed by atoms with van der Waals surface area (Å²) < 4.78 is 5.19. The highest BCUT2D eigenvalue weighted by Gasteiger charge is 2.18. The predicted molar refractivity (Wildman–Crippen MR) is 92.6 cm³/mol. The summed E-state index contributed by atoms with van der Waals surface area (Å²) in [5.74, 6) is 0.683. The Kier molecular flexibility index (Phi) is 5.93. The van der Waals surface area contributed by atoms with Gasteiger partial charge in [-0.3, -0.25) is 10.1 Å². The first-order valence-corrected chi connectivity index (χ1v) is 8.86. The van der Waals surface area contributed by atoms with Crippen molar-refractivity contribution in [3.8, 4) is 0 Å². The van der Waals surface area contributed by atoms with Gasteiger partial charge in [-0.1, -0.05) is 31.8 Å². The van der Waals surface area contributed by atoms with Crippen molar-refractivity contribution >= 4 is 34.4 Å². The molecule has 0 unspecified atom stereocenters. The number of carbonyl (C=O) groups excluding carboxylic acids is 2. The Morgan fingerprint density at radius 1 is 1.43 bits per heavy atom. The molecule has 126 valence electrons. The van der Waals surface area contributed by atoms with Gasteiger partial charge in [-0.15, -0.1) is 11.3 Å². The standard InChI is InChI=1S/C17H24N2O3S/c1-17(2,3)22-16(21)19-15-18-14(11-23-15)13(10-20)9-8-12-6-4-5-7-12/h9-12H,4-8H2,1-3H3,(H,18,19,21)/b13-9+. The number of allylic oxidation sites excluding steroid dienone is 2. The number of anilines is 1. The predicted octanol–water partition coefficient (Wildman–Crippen LogP) is 4.65. The molecule has 1 saturated carbocycles. The fraction of sp³-hybridized carbons (Fsp3) is 0.588. The van der Waals surface area contributed by atoms with Crippen LogP contribution in [-0.2, 0) is 9.53 Å². The molecule has 1 aromatic rings. The molecule has 0 saturated heterocycles. The summed E-state index contributed by atoms with van der Waals surface area (Å²) >= 11 is 1.28. The molecule has 0 aromatic carbocycles. The quantitative estimate of drug-likeness (QED) is 0.627. The van der Waals surface area contributed by atoms with E-state index < -0.39 is 11.7 Å². The minimum absolute atomic E-state index is 0.433. The van der Waals surface area contributed by atoms with Crippen molar-refractivity contribution in [1.82, 2.24) is 4.98 Å². The lowest BCUT2D eigenvalue weighted by molar-refractivity contribution is -0.103. The van der Waals surface area contributed by atoms with Crippen LogP contribution in [0.4, 0.5) is 9.93 Å². The largest absolute Gasteiger partial charge is 0.444 e. The number of aromatic nitrogens is 1. The number of hydrogen-bond donors (Lipinski definition) is 1. The van der Waals surface area contributed by atoms with Crippen LogP contribution in [0.3, 0.4) is 0 Å². The van der Waals surface area contributed by atoms with Gasteiger partial charge in [-0.25, -0.2) is 9.78 Å². The van der Waals surface area contributed by atoms with Gasteiger partial charge in [-0.05, 0) is 33.1 Å². The number of carbonyl (C=O) groups is 2. The molecule has 0 aliphatic heterocycles. The molecule has 23 heavy (non-hydrogen) atoms. The number of aldehydes is 1. The van der Waals surface area contributed by atoms with E-state index in [0.29, 0.717) is 22.3 Å². The molecule has 0 spiro atoms. The van der Waals surface area contributed by atoms with Crippen LogP contribution in [0.5, 0.6) is 0 Å². The average Bonchev–Trinajstić information content (AvgIpc) is 3.09. The van der Waals surface area contributed by atoms with Gasteiger partial charge >= 0.3 is 6.09 Å². The third-order valence-electron chi connectivity index (χ3n) is 3.68. The van der Waals surface area contributed by atoms with Crippen molar-refractivity contribution in [1.29, 1.82) is 0 Å². The number of nitrogens with zero attached hydrogens (tertiary/aromatic N) is 1. The van der Waals surface area contributed by atoms with E-state index in [1.54, 1.807) is 26.2 Å². The first-order chi connectivity index (χ1) is 10.9. The monoisotopic (exact) mass is 336 g/mol. The zero-order valence-electron chi connectivity index (χ0n) is 13.9. The molecule has 1 fully saturated rings. The van der Waals surface area contributed by atoms with Crippen molar-refractivity contribution in [2.24, 2.45) is 5.92 Å². The second-order valence-electron chi connectivity index (χ2n) is 6.83. The first-order valence-electron chi connectivity index (χ1n) is 7.98. The highest BCUT2D eigenvalue weighted by molar-refractivity contribution is 7.14. The van der Waals surface area contributed by atoms with Crippen LogP contribution in [0.2, 0.25) is 0 Å².